The summed E-state index contributed by atoms with van der Waals surface area (Å²) in [6, 6.07) is 4.79. The van der Waals surface area contributed by atoms with Crippen LogP contribution >= 0.6 is 11.6 Å². The Hall–Kier alpha value is -2.68. The van der Waals surface area contributed by atoms with E-state index in [0.29, 0.717) is 16.9 Å². The van der Waals surface area contributed by atoms with E-state index in [4.69, 9.17) is 11.6 Å². The van der Waals surface area contributed by atoms with Gasteiger partial charge in [-0.15, -0.1) is 0 Å². The summed E-state index contributed by atoms with van der Waals surface area (Å²) in [6.45, 7) is 3.16. The highest BCUT2D eigenvalue weighted by Crippen LogP contribution is 2.36. The summed E-state index contributed by atoms with van der Waals surface area (Å²) < 4.78 is 16.2. The first-order valence-electron chi connectivity index (χ1n) is 10.8. The molecule has 5 rings (SSSR count). The van der Waals surface area contributed by atoms with Gasteiger partial charge in [0.2, 0.25) is 0 Å². The quantitative estimate of drug-likeness (QED) is 0.558. The van der Waals surface area contributed by atoms with Gasteiger partial charge in [0.05, 0.1) is 30.0 Å². The number of benzene rings is 1. The molecule has 0 bridgehead atoms. The molecule has 0 saturated carbocycles. The summed E-state index contributed by atoms with van der Waals surface area (Å²) in [5.74, 6) is -0.720. The summed E-state index contributed by atoms with van der Waals surface area (Å²) >= 11 is 6.61. The number of anilines is 2. The molecule has 1 aromatic carbocycles. The first kappa shape index (κ1) is 21.2. The number of halogens is 2. The fourth-order valence-electron chi connectivity index (χ4n) is 4.62. The number of rotatable bonds is 4. The van der Waals surface area contributed by atoms with Crippen LogP contribution in [0.25, 0.3) is 5.65 Å². The van der Waals surface area contributed by atoms with Crippen molar-refractivity contribution in [3.8, 4) is 0 Å². The highest BCUT2D eigenvalue weighted by molar-refractivity contribution is 6.37. The fraction of sp³-hybridized carbons (Fsp3) is 0.391. The van der Waals surface area contributed by atoms with Gasteiger partial charge in [-0.1, -0.05) is 24.1 Å². The van der Waals surface area contributed by atoms with Crippen LogP contribution in [-0.2, 0) is 0 Å². The van der Waals surface area contributed by atoms with Gasteiger partial charge < -0.3 is 25.0 Å². The first-order chi connectivity index (χ1) is 15.4. The van der Waals surface area contributed by atoms with Crippen LogP contribution < -0.4 is 10.6 Å². The van der Waals surface area contributed by atoms with Crippen molar-refractivity contribution in [3.05, 3.63) is 58.8 Å². The lowest BCUT2D eigenvalue weighted by atomic mass is 9.81. The molecule has 0 spiro atoms. The maximum absolute atomic E-state index is 14.5. The number of aromatic nitrogens is 2. The van der Waals surface area contributed by atoms with Crippen molar-refractivity contribution in [2.75, 3.05) is 25.0 Å². The Morgan fingerprint density at radius 2 is 2.19 bits per heavy atom. The molecule has 2 aromatic heterocycles. The van der Waals surface area contributed by atoms with Gasteiger partial charge in [0.1, 0.15) is 16.4 Å². The monoisotopic (exact) mass is 457 g/mol. The second kappa shape index (κ2) is 8.03. The van der Waals surface area contributed by atoms with E-state index in [1.807, 2.05) is 0 Å². The normalized spacial score (nSPS) is 20.2. The summed E-state index contributed by atoms with van der Waals surface area (Å²) in [5.41, 5.74) is 1.12. The number of imidazole rings is 1. The number of pyridine rings is 1. The molecule has 7 nitrogen and oxygen atoms in total. The number of likely N-dealkylation sites (tertiary alicyclic amines) is 1. The smallest absolute Gasteiger partial charge is 0.257 e. The average Bonchev–Trinajstić information content (AvgIpc) is 3.24. The van der Waals surface area contributed by atoms with Crippen LogP contribution in [0.4, 0.5) is 15.8 Å². The van der Waals surface area contributed by atoms with Crippen molar-refractivity contribution >= 4 is 34.5 Å². The second-order valence-electron chi connectivity index (χ2n) is 8.77. The number of aryl methyl sites for hydroxylation is 1. The van der Waals surface area contributed by atoms with Gasteiger partial charge in [-0.2, -0.15) is 0 Å². The molecular formula is C23H25ClFN5O2. The number of carbonyl (C=O) groups excluding carboxylic acids is 1. The van der Waals surface area contributed by atoms with E-state index >= 15 is 0 Å². The summed E-state index contributed by atoms with van der Waals surface area (Å²) in [5, 5.41) is 17.6. The maximum Gasteiger partial charge on any atom is 0.257 e. The van der Waals surface area contributed by atoms with Crippen molar-refractivity contribution in [1.29, 1.82) is 0 Å². The Morgan fingerprint density at radius 1 is 1.38 bits per heavy atom. The molecule has 1 amide bonds. The molecule has 2 aliphatic heterocycles. The molecule has 2 aliphatic rings. The summed E-state index contributed by atoms with van der Waals surface area (Å²) in [6.07, 6.45) is 7.99. The van der Waals surface area contributed by atoms with Crippen molar-refractivity contribution in [2.24, 2.45) is 0 Å². The molecule has 9 heteroatoms. The first-order valence-corrected chi connectivity index (χ1v) is 11.2. The minimum atomic E-state index is -0.935. The largest absolute Gasteiger partial charge is 0.385 e. The SMILES string of the molecule is Cc1ccc(Nc2c(C(=O)N3CC(O)(C4CCCCN4)C3)cn3ccnc3c2Cl)c(F)c1. The molecular weight excluding hydrogens is 433 g/mol. The van der Waals surface area contributed by atoms with Crippen LogP contribution in [0, 0.1) is 12.7 Å². The van der Waals surface area contributed by atoms with Crippen LogP contribution in [0.2, 0.25) is 5.02 Å². The van der Waals surface area contributed by atoms with Crippen LogP contribution in [0.3, 0.4) is 0 Å². The molecule has 0 radical (unpaired) electrons. The van der Waals surface area contributed by atoms with Gasteiger partial charge in [0.25, 0.3) is 5.91 Å². The number of β-amino-alcohol motifs (C(OH)–C–C–N with tert-alkyl or cyclic N) is 1. The number of nitrogens with zero attached hydrogens (tertiary/aromatic N) is 3. The Balaban J connectivity index is 1.46. The number of hydrogen-bond acceptors (Lipinski definition) is 5. The van der Waals surface area contributed by atoms with E-state index in [9.17, 15) is 14.3 Å². The van der Waals surface area contributed by atoms with Crippen molar-refractivity contribution in [2.45, 2.75) is 37.8 Å². The topological polar surface area (TPSA) is 81.9 Å². The van der Waals surface area contributed by atoms with Crippen LogP contribution in [0.1, 0.15) is 35.2 Å². The molecule has 2 fully saturated rings. The number of hydrogen-bond donors (Lipinski definition) is 3. The third-order valence-corrected chi connectivity index (χ3v) is 6.77. The molecule has 0 aliphatic carbocycles. The third-order valence-electron chi connectivity index (χ3n) is 6.41. The summed E-state index contributed by atoms with van der Waals surface area (Å²) in [4.78, 5) is 19.3. The van der Waals surface area contributed by atoms with E-state index in [1.54, 1.807) is 46.9 Å². The lowest BCUT2D eigenvalue weighted by molar-refractivity contribution is -0.108. The Morgan fingerprint density at radius 3 is 2.91 bits per heavy atom. The molecule has 4 heterocycles. The van der Waals surface area contributed by atoms with Gasteiger partial charge in [-0.25, -0.2) is 9.37 Å². The van der Waals surface area contributed by atoms with Gasteiger partial charge in [0.15, 0.2) is 5.65 Å². The predicted molar refractivity (Wildman–Crippen MR) is 121 cm³/mol. The zero-order valence-electron chi connectivity index (χ0n) is 17.7. The van der Waals surface area contributed by atoms with Crippen molar-refractivity contribution in [1.82, 2.24) is 19.6 Å². The Bertz CT molecular complexity index is 1180. The molecule has 3 aromatic rings. The van der Waals surface area contributed by atoms with Crippen LogP contribution in [-0.4, -0.2) is 56.6 Å². The maximum atomic E-state index is 14.5. The molecule has 32 heavy (non-hydrogen) atoms. The van der Waals surface area contributed by atoms with Gasteiger partial charge in [-0.3, -0.25) is 4.79 Å². The lowest BCUT2D eigenvalue weighted by Crippen LogP contribution is -2.72. The van der Waals surface area contributed by atoms with Crippen molar-refractivity contribution in [3.63, 3.8) is 0 Å². The molecule has 1 unspecified atom stereocenters. The fourth-order valence-corrected chi connectivity index (χ4v) is 4.92. The van der Waals surface area contributed by atoms with Gasteiger partial charge in [-0.05, 0) is 44.0 Å². The van der Waals surface area contributed by atoms with Gasteiger partial charge >= 0.3 is 0 Å². The van der Waals surface area contributed by atoms with Crippen molar-refractivity contribution < 1.29 is 14.3 Å². The minimum Gasteiger partial charge on any atom is -0.385 e. The molecule has 1 atom stereocenters. The highest BCUT2D eigenvalue weighted by atomic mass is 35.5. The van der Waals surface area contributed by atoms with E-state index in [1.165, 1.54) is 6.07 Å². The molecule has 168 valence electrons. The van der Waals surface area contributed by atoms with E-state index in [0.717, 1.165) is 31.4 Å². The number of aliphatic hydroxyl groups is 1. The minimum absolute atomic E-state index is 0.0146. The number of nitrogens with one attached hydrogen (secondary N) is 2. The zero-order chi connectivity index (χ0) is 22.5. The number of amides is 1. The standard InChI is InChI=1S/C23H25ClFN5O2/c1-14-5-6-17(16(25)10-14)28-20-15(11-29-9-8-27-21(29)19(20)24)22(31)30-12-23(32,13-30)18-4-2-3-7-26-18/h5-6,8-11,18,26,28,32H,2-4,7,12-13H2,1H3. The summed E-state index contributed by atoms with van der Waals surface area (Å²) in [7, 11) is 0. The molecule has 3 N–H and O–H groups in total. The predicted octanol–water partition coefficient (Wildman–Crippen LogP) is 3.51. The number of fused-ring (bicyclic) bond motifs is 1. The zero-order valence-corrected chi connectivity index (χ0v) is 18.5. The van der Waals surface area contributed by atoms with Crippen LogP contribution in [0.15, 0.2) is 36.8 Å². The number of piperidine rings is 1. The van der Waals surface area contributed by atoms with E-state index < -0.39 is 11.4 Å². The van der Waals surface area contributed by atoms with E-state index in [-0.39, 0.29) is 35.7 Å². The highest BCUT2D eigenvalue weighted by Gasteiger charge is 2.49. The Labute approximate surface area is 190 Å². The third kappa shape index (κ3) is 3.62. The average molecular weight is 458 g/mol. The van der Waals surface area contributed by atoms with Gasteiger partial charge in [0, 0.05) is 24.6 Å². The Kier molecular flexibility index (Phi) is 5.31. The van der Waals surface area contributed by atoms with Crippen LogP contribution in [0.5, 0.6) is 0 Å². The lowest BCUT2D eigenvalue weighted by Gasteiger charge is -2.51. The van der Waals surface area contributed by atoms with E-state index in [2.05, 4.69) is 15.6 Å². The second-order valence-corrected chi connectivity index (χ2v) is 9.14. The number of carbonyl (C=O) groups is 1. The molecule has 2 saturated heterocycles.